The number of carbonyl (C=O) groups excluding carboxylic acids is 1. The highest BCUT2D eigenvalue weighted by molar-refractivity contribution is 5.46. The molecule has 0 aromatic heterocycles. The lowest BCUT2D eigenvalue weighted by Gasteiger charge is -2.25. The van der Waals surface area contributed by atoms with Crippen molar-refractivity contribution in [1.29, 1.82) is 0 Å². The average Bonchev–Trinajstić information content (AvgIpc) is 2.77. The number of rotatable bonds is 5. The topological polar surface area (TPSA) is 41.6 Å². The molecule has 1 aliphatic rings. The molecule has 0 radical (unpaired) electrons. The molecule has 3 atom stereocenters. The van der Waals surface area contributed by atoms with Crippen LogP contribution in [0.15, 0.2) is 0 Å². The number of carbonyl (C=O) groups is 1. The molecule has 1 amide bonds. The molecule has 12 heavy (non-hydrogen) atoms. The third-order valence-electron chi connectivity index (χ3n) is 2.50. The van der Waals surface area contributed by atoms with Crippen LogP contribution in [0.2, 0.25) is 0 Å². The number of nitrogens with zero attached hydrogens (tertiary/aromatic N) is 1. The van der Waals surface area contributed by atoms with Gasteiger partial charge in [0.15, 0.2) is 0 Å². The SMILES string of the molecule is CON(C)C(NC=O)C1CC1C. The number of hydrogen-bond donors (Lipinski definition) is 1. The lowest BCUT2D eigenvalue weighted by Crippen LogP contribution is -2.44. The van der Waals surface area contributed by atoms with Gasteiger partial charge in [-0.25, -0.2) is 0 Å². The molecule has 1 rings (SSSR count). The first-order valence-electron chi connectivity index (χ1n) is 4.17. The van der Waals surface area contributed by atoms with Crippen molar-refractivity contribution < 1.29 is 9.63 Å². The summed E-state index contributed by atoms with van der Waals surface area (Å²) < 4.78 is 0. The van der Waals surface area contributed by atoms with Gasteiger partial charge in [-0.3, -0.25) is 4.79 Å². The first kappa shape index (κ1) is 9.48. The Balaban J connectivity index is 2.43. The van der Waals surface area contributed by atoms with E-state index in [1.54, 1.807) is 12.2 Å². The van der Waals surface area contributed by atoms with Crippen molar-refractivity contribution in [3.8, 4) is 0 Å². The fourth-order valence-electron chi connectivity index (χ4n) is 1.47. The zero-order valence-corrected chi connectivity index (χ0v) is 7.78. The Morgan fingerprint density at radius 3 is 2.67 bits per heavy atom. The summed E-state index contributed by atoms with van der Waals surface area (Å²) in [5.41, 5.74) is 0. The van der Waals surface area contributed by atoms with Gasteiger partial charge in [-0.1, -0.05) is 6.92 Å². The predicted octanol–water partition coefficient (Wildman–Crippen LogP) is 0.208. The quantitative estimate of drug-likeness (QED) is 0.366. The van der Waals surface area contributed by atoms with E-state index in [0.717, 1.165) is 6.41 Å². The van der Waals surface area contributed by atoms with E-state index in [-0.39, 0.29) is 6.17 Å². The van der Waals surface area contributed by atoms with E-state index in [1.807, 2.05) is 7.05 Å². The highest BCUT2D eigenvalue weighted by Crippen LogP contribution is 2.41. The summed E-state index contributed by atoms with van der Waals surface area (Å²) in [4.78, 5) is 15.3. The van der Waals surface area contributed by atoms with Crippen LogP contribution in [0.25, 0.3) is 0 Å². The highest BCUT2D eigenvalue weighted by atomic mass is 16.7. The van der Waals surface area contributed by atoms with Crippen LogP contribution in [0.3, 0.4) is 0 Å². The van der Waals surface area contributed by atoms with Gasteiger partial charge >= 0.3 is 0 Å². The fourth-order valence-corrected chi connectivity index (χ4v) is 1.47. The Morgan fingerprint density at radius 2 is 2.33 bits per heavy atom. The maximum atomic E-state index is 10.3. The van der Waals surface area contributed by atoms with Crippen molar-refractivity contribution in [3.05, 3.63) is 0 Å². The minimum Gasteiger partial charge on any atom is -0.341 e. The van der Waals surface area contributed by atoms with Crippen LogP contribution in [0.4, 0.5) is 0 Å². The number of hydrogen-bond acceptors (Lipinski definition) is 3. The van der Waals surface area contributed by atoms with Crippen LogP contribution in [-0.2, 0) is 9.63 Å². The van der Waals surface area contributed by atoms with E-state index in [2.05, 4.69) is 12.2 Å². The second kappa shape index (κ2) is 3.87. The van der Waals surface area contributed by atoms with Crippen molar-refractivity contribution >= 4 is 6.41 Å². The maximum Gasteiger partial charge on any atom is 0.208 e. The first-order valence-corrected chi connectivity index (χ1v) is 4.17. The highest BCUT2D eigenvalue weighted by Gasteiger charge is 2.41. The van der Waals surface area contributed by atoms with Crippen LogP contribution in [0.5, 0.6) is 0 Å². The lowest BCUT2D eigenvalue weighted by atomic mass is 10.2. The summed E-state index contributed by atoms with van der Waals surface area (Å²) in [7, 11) is 3.43. The summed E-state index contributed by atoms with van der Waals surface area (Å²) in [5.74, 6) is 1.24. The molecular formula is C8H16N2O2. The second-order valence-corrected chi connectivity index (χ2v) is 3.33. The van der Waals surface area contributed by atoms with Crippen LogP contribution >= 0.6 is 0 Å². The monoisotopic (exact) mass is 172 g/mol. The maximum absolute atomic E-state index is 10.3. The van der Waals surface area contributed by atoms with Gasteiger partial charge in [-0.15, -0.1) is 0 Å². The van der Waals surface area contributed by atoms with Gasteiger partial charge in [-0.05, 0) is 18.3 Å². The summed E-state index contributed by atoms with van der Waals surface area (Å²) in [6.07, 6.45) is 1.92. The molecule has 0 aliphatic heterocycles. The molecule has 3 unspecified atom stereocenters. The molecule has 1 saturated carbocycles. The van der Waals surface area contributed by atoms with Crippen LogP contribution in [-0.4, -0.2) is 31.8 Å². The molecule has 70 valence electrons. The Labute approximate surface area is 72.8 Å². The van der Waals surface area contributed by atoms with Gasteiger partial charge in [0, 0.05) is 7.05 Å². The van der Waals surface area contributed by atoms with Gasteiger partial charge in [0.25, 0.3) is 0 Å². The zero-order valence-electron chi connectivity index (χ0n) is 7.78. The minimum atomic E-state index is 0.0301. The van der Waals surface area contributed by atoms with E-state index in [4.69, 9.17) is 4.84 Å². The Hall–Kier alpha value is -0.610. The molecule has 0 bridgehead atoms. The molecule has 0 aromatic rings. The van der Waals surface area contributed by atoms with Crippen molar-refractivity contribution in [2.24, 2.45) is 11.8 Å². The first-order chi connectivity index (χ1) is 5.70. The van der Waals surface area contributed by atoms with Crippen molar-refractivity contribution in [1.82, 2.24) is 10.4 Å². The fraction of sp³-hybridized carbons (Fsp3) is 0.875. The van der Waals surface area contributed by atoms with E-state index >= 15 is 0 Å². The second-order valence-electron chi connectivity index (χ2n) is 3.33. The molecule has 0 heterocycles. The molecule has 0 aromatic carbocycles. The molecule has 1 aliphatic carbocycles. The van der Waals surface area contributed by atoms with E-state index < -0.39 is 0 Å². The van der Waals surface area contributed by atoms with E-state index in [9.17, 15) is 4.79 Å². The Kier molecular flexibility index (Phi) is 3.05. The lowest BCUT2D eigenvalue weighted by molar-refractivity contribution is -0.157. The van der Waals surface area contributed by atoms with Crippen LogP contribution in [0.1, 0.15) is 13.3 Å². The average molecular weight is 172 g/mol. The van der Waals surface area contributed by atoms with Crippen molar-refractivity contribution in [2.75, 3.05) is 14.2 Å². The Morgan fingerprint density at radius 1 is 1.75 bits per heavy atom. The molecule has 4 heteroatoms. The smallest absolute Gasteiger partial charge is 0.208 e. The van der Waals surface area contributed by atoms with Gasteiger partial charge in [0.05, 0.1) is 7.11 Å². The minimum absolute atomic E-state index is 0.0301. The summed E-state index contributed by atoms with van der Waals surface area (Å²) in [6.45, 7) is 2.17. The van der Waals surface area contributed by atoms with E-state index in [0.29, 0.717) is 11.8 Å². The largest absolute Gasteiger partial charge is 0.341 e. The van der Waals surface area contributed by atoms with Gasteiger partial charge in [0.1, 0.15) is 6.17 Å². The molecule has 0 saturated heterocycles. The summed E-state index contributed by atoms with van der Waals surface area (Å²) in [5, 5.41) is 4.43. The van der Waals surface area contributed by atoms with Crippen molar-refractivity contribution in [3.63, 3.8) is 0 Å². The number of amides is 1. The summed E-state index contributed by atoms with van der Waals surface area (Å²) in [6, 6.07) is 0. The van der Waals surface area contributed by atoms with Crippen molar-refractivity contribution in [2.45, 2.75) is 19.5 Å². The molecular weight excluding hydrogens is 156 g/mol. The third kappa shape index (κ3) is 1.95. The van der Waals surface area contributed by atoms with Gasteiger partial charge < -0.3 is 10.2 Å². The Bertz CT molecular complexity index is 159. The number of hydroxylamine groups is 2. The standard InChI is InChI=1S/C8H16N2O2/c1-6-4-7(6)8(9-5-11)10(2)12-3/h5-8H,4H2,1-3H3,(H,9,11). The van der Waals surface area contributed by atoms with Gasteiger partial charge in [0.2, 0.25) is 6.41 Å². The zero-order chi connectivity index (χ0) is 9.14. The molecule has 1 fully saturated rings. The number of nitrogens with one attached hydrogen (secondary N) is 1. The molecule has 1 N–H and O–H groups in total. The van der Waals surface area contributed by atoms with Crippen LogP contribution in [0, 0.1) is 11.8 Å². The summed E-state index contributed by atoms with van der Waals surface area (Å²) >= 11 is 0. The van der Waals surface area contributed by atoms with E-state index in [1.165, 1.54) is 6.42 Å². The third-order valence-corrected chi connectivity index (χ3v) is 2.50. The molecule has 4 nitrogen and oxygen atoms in total. The van der Waals surface area contributed by atoms with Gasteiger partial charge in [-0.2, -0.15) is 5.06 Å². The normalized spacial score (nSPS) is 30.0. The van der Waals surface area contributed by atoms with Crippen LogP contribution < -0.4 is 5.32 Å². The predicted molar refractivity (Wildman–Crippen MR) is 45.0 cm³/mol. The molecule has 0 spiro atoms.